The predicted molar refractivity (Wildman–Crippen MR) is 149 cm³/mol. The zero-order valence-electron chi connectivity index (χ0n) is 26.8. The van der Waals surface area contributed by atoms with Crippen molar-refractivity contribution in [3.63, 3.8) is 0 Å². The summed E-state index contributed by atoms with van der Waals surface area (Å²) in [4.78, 5) is 63.8. The minimum absolute atomic E-state index is 0. The number of carbonyl (C=O) groups excluding carboxylic acids is 6. The molecule has 0 saturated carbocycles. The molecule has 0 aromatic heterocycles. The largest absolute Gasteiger partial charge is 3.00 e. The fraction of sp³-hybridized carbons (Fsp3) is 0.778. The second-order valence-electron chi connectivity index (χ2n) is 11.9. The van der Waals surface area contributed by atoms with Crippen molar-refractivity contribution in [2.75, 3.05) is 39.5 Å². The Balaban J connectivity index is -0.000000285. The third-order valence-electron chi connectivity index (χ3n) is 6.07. The van der Waals surface area contributed by atoms with E-state index in [-0.39, 0.29) is 75.8 Å². The summed E-state index contributed by atoms with van der Waals surface area (Å²) >= 11 is 0. The van der Waals surface area contributed by atoms with E-state index in [4.69, 9.17) is 15.3 Å². The fourth-order valence-corrected chi connectivity index (χ4v) is 2.48. The first-order valence-corrected chi connectivity index (χ1v) is 13.7. The molecule has 46 heavy (non-hydrogen) atoms. The van der Waals surface area contributed by atoms with Crippen molar-refractivity contribution >= 4 is 35.6 Å². The number of aliphatic hydroxyl groups excluding tert-OH is 6. The molecule has 18 nitrogen and oxygen atoms in total. The molecule has 0 spiro atoms. The molecule has 9 N–H and O–H groups in total. The van der Waals surface area contributed by atoms with Crippen LogP contribution in [0.2, 0.25) is 0 Å². The smallest absolute Gasteiger partial charge is 0.550 e. The van der Waals surface area contributed by atoms with Crippen molar-refractivity contribution < 1.29 is 91.8 Å². The Hall–Kier alpha value is -2.90. The van der Waals surface area contributed by atoms with E-state index in [1.165, 1.54) is 41.5 Å². The van der Waals surface area contributed by atoms with Crippen molar-refractivity contribution in [2.24, 2.45) is 16.2 Å². The van der Waals surface area contributed by atoms with E-state index in [2.05, 4.69) is 16.0 Å². The van der Waals surface area contributed by atoms with E-state index >= 15 is 0 Å². The van der Waals surface area contributed by atoms with Crippen LogP contribution in [0.25, 0.3) is 0 Å². The van der Waals surface area contributed by atoms with Crippen LogP contribution < -0.4 is 31.3 Å². The standard InChI is InChI=1S/3C9H17NO5.Fe/c3*1-9(2,5-11)7(14)8(15)10-4-3-6(12)13;/h3*7,11,14H,3-5H2,1-2H3,(H,10,15)(H,12,13);/q;;;+3/p-3. The second-order valence-corrected chi connectivity index (χ2v) is 11.9. The van der Waals surface area contributed by atoms with Gasteiger partial charge in [-0.25, -0.2) is 0 Å². The van der Waals surface area contributed by atoms with Crippen molar-refractivity contribution in [1.29, 1.82) is 0 Å². The molecular formula is C27H48FeN3O15. The molecule has 0 saturated heterocycles. The zero-order valence-corrected chi connectivity index (χ0v) is 27.9. The molecule has 19 heteroatoms. The molecule has 0 fully saturated rings. The molecule has 0 aliphatic carbocycles. The summed E-state index contributed by atoms with van der Waals surface area (Å²) in [5, 5.41) is 91.9. The molecule has 3 atom stereocenters. The monoisotopic (exact) mass is 710 g/mol. The Labute approximate surface area is 278 Å². The molecule has 0 aliphatic rings. The molecule has 1 radical (unpaired) electrons. The number of carboxylic acids is 3. The first kappa shape index (κ1) is 50.0. The number of aliphatic carboxylic acids is 3. The molecule has 0 heterocycles. The van der Waals surface area contributed by atoms with Gasteiger partial charge in [0.2, 0.25) is 17.7 Å². The average Bonchev–Trinajstić information content (AvgIpc) is 2.95. The van der Waals surface area contributed by atoms with Gasteiger partial charge in [-0.3, -0.25) is 14.4 Å². The maximum atomic E-state index is 11.2. The topological polar surface area (TPSA) is 329 Å². The SMILES string of the molecule is CC(C)(CO)C(O)C(=O)NCCC(=O)[O-].CC(C)(CO)C(O)C(=O)NCCC(=O)[O-].CC(C)(CO)C(O)C(=O)NCCC(=O)[O-].[Fe+3]. The van der Waals surface area contributed by atoms with Crippen LogP contribution in [0.4, 0.5) is 0 Å². The Bertz CT molecular complexity index is 842. The summed E-state index contributed by atoms with van der Waals surface area (Å²) < 4.78 is 0. The van der Waals surface area contributed by atoms with Gasteiger partial charge in [0.05, 0.1) is 19.8 Å². The second kappa shape index (κ2) is 24.3. The van der Waals surface area contributed by atoms with Crippen LogP contribution >= 0.6 is 0 Å². The van der Waals surface area contributed by atoms with Gasteiger partial charge in [0.15, 0.2) is 0 Å². The number of rotatable bonds is 18. The number of aliphatic hydroxyl groups is 6. The van der Waals surface area contributed by atoms with Gasteiger partial charge in [-0.1, -0.05) is 41.5 Å². The van der Waals surface area contributed by atoms with Crippen LogP contribution in [-0.2, 0) is 45.8 Å². The number of hydrogen-bond acceptors (Lipinski definition) is 15. The number of nitrogens with one attached hydrogen (secondary N) is 3. The molecular weight excluding hydrogens is 662 g/mol. The van der Waals surface area contributed by atoms with Crippen LogP contribution in [0.5, 0.6) is 0 Å². The van der Waals surface area contributed by atoms with Gasteiger partial charge < -0.3 is 76.3 Å². The average molecular weight is 711 g/mol. The van der Waals surface area contributed by atoms with Crippen LogP contribution in [0.15, 0.2) is 0 Å². The minimum atomic E-state index is -1.37. The predicted octanol–water partition coefficient (Wildman–Crippen LogP) is -7.14. The summed E-state index contributed by atoms with van der Waals surface area (Å²) in [5.41, 5.74) is -2.86. The van der Waals surface area contributed by atoms with Gasteiger partial charge in [-0.2, -0.15) is 0 Å². The molecule has 0 aromatic rings. The Kier molecular flexibility index (Phi) is 26.4. The van der Waals surface area contributed by atoms with Crippen LogP contribution in [0.3, 0.4) is 0 Å². The van der Waals surface area contributed by atoms with Crippen molar-refractivity contribution in [3.8, 4) is 0 Å². The van der Waals surface area contributed by atoms with E-state index in [1.54, 1.807) is 0 Å². The van der Waals surface area contributed by atoms with Crippen molar-refractivity contribution in [2.45, 2.75) is 79.1 Å². The van der Waals surface area contributed by atoms with Gasteiger partial charge in [-0.05, 0) is 0 Å². The van der Waals surface area contributed by atoms with Crippen LogP contribution in [-0.4, -0.2) is 124 Å². The number of hydrogen-bond donors (Lipinski definition) is 9. The van der Waals surface area contributed by atoms with E-state index < -0.39 is 70.2 Å². The Morgan fingerprint density at radius 3 is 0.804 bits per heavy atom. The van der Waals surface area contributed by atoms with Crippen LogP contribution in [0, 0.1) is 16.2 Å². The van der Waals surface area contributed by atoms with Gasteiger partial charge in [-0.15, -0.1) is 0 Å². The fourth-order valence-electron chi connectivity index (χ4n) is 2.48. The van der Waals surface area contributed by atoms with E-state index in [9.17, 15) is 59.4 Å². The molecule has 3 amide bonds. The molecule has 0 bridgehead atoms. The normalized spacial score (nSPS) is 13.0. The number of carbonyl (C=O) groups is 6. The Morgan fingerprint density at radius 1 is 0.500 bits per heavy atom. The molecule has 0 aromatic carbocycles. The summed E-state index contributed by atoms with van der Waals surface area (Å²) in [6, 6.07) is 0. The van der Waals surface area contributed by atoms with E-state index in [0.717, 1.165) is 0 Å². The van der Waals surface area contributed by atoms with Crippen molar-refractivity contribution in [1.82, 2.24) is 16.0 Å². The third kappa shape index (κ3) is 22.6. The maximum Gasteiger partial charge on any atom is 3.00 e. The number of amides is 3. The van der Waals surface area contributed by atoms with E-state index in [0.29, 0.717) is 0 Å². The maximum absolute atomic E-state index is 11.2. The summed E-state index contributed by atoms with van der Waals surface area (Å²) in [7, 11) is 0. The zero-order chi connectivity index (χ0) is 36.2. The quantitative estimate of drug-likeness (QED) is 0.0597. The van der Waals surface area contributed by atoms with Gasteiger partial charge in [0, 0.05) is 73.0 Å². The van der Waals surface area contributed by atoms with Gasteiger partial charge >= 0.3 is 17.1 Å². The summed E-state index contributed by atoms with van der Waals surface area (Å²) in [6.45, 7) is 7.81. The summed E-state index contributed by atoms with van der Waals surface area (Å²) in [6.07, 6.45) is -5.04. The minimum Gasteiger partial charge on any atom is -0.550 e. The first-order valence-electron chi connectivity index (χ1n) is 13.7. The van der Waals surface area contributed by atoms with Gasteiger partial charge in [0.25, 0.3) is 0 Å². The summed E-state index contributed by atoms with van der Waals surface area (Å²) in [5.74, 6) is -5.91. The van der Waals surface area contributed by atoms with Crippen LogP contribution in [0.1, 0.15) is 60.8 Å². The van der Waals surface area contributed by atoms with Gasteiger partial charge in [0.1, 0.15) is 18.3 Å². The Morgan fingerprint density at radius 2 is 0.674 bits per heavy atom. The van der Waals surface area contributed by atoms with Crippen molar-refractivity contribution in [3.05, 3.63) is 0 Å². The molecule has 0 rings (SSSR count). The molecule has 0 aliphatic heterocycles. The molecule has 269 valence electrons. The molecule has 3 unspecified atom stereocenters. The van der Waals surface area contributed by atoms with E-state index in [1.807, 2.05) is 0 Å². The number of carboxylic acid groups (broad SMARTS) is 3. The third-order valence-corrected chi connectivity index (χ3v) is 6.07. The first-order chi connectivity index (χ1) is 20.4.